The van der Waals surface area contributed by atoms with E-state index >= 15 is 0 Å². The van der Waals surface area contributed by atoms with E-state index in [1.165, 1.54) is 30.5 Å². The van der Waals surface area contributed by atoms with Gasteiger partial charge in [-0.3, -0.25) is 9.10 Å². The maximum absolute atomic E-state index is 13.4. The lowest BCUT2D eigenvalue weighted by atomic mass is 10.2. The molecule has 0 aliphatic carbocycles. The van der Waals surface area contributed by atoms with Crippen molar-refractivity contribution in [2.75, 3.05) is 10.8 Å². The predicted octanol–water partition coefficient (Wildman–Crippen LogP) is 6.57. The topological polar surface area (TPSA) is 88.1 Å². The molecular weight excluding hydrogens is 581 g/mol. The van der Waals surface area contributed by atoms with Crippen molar-refractivity contribution in [1.29, 1.82) is 0 Å². The van der Waals surface area contributed by atoms with Crippen LogP contribution in [-0.4, -0.2) is 27.1 Å². The van der Waals surface area contributed by atoms with Crippen molar-refractivity contribution in [3.05, 3.63) is 123 Å². The largest absolute Gasteiger partial charge is 0.489 e. The Morgan fingerprint density at radius 2 is 1.62 bits per heavy atom. The molecule has 0 atom stereocenters. The Morgan fingerprint density at radius 3 is 2.33 bits per heavy atom. The lowest BCUT2D eigenvalue weighted by molar-refractivity contribution is -0.119. The zero-order valence-electron chi connectivity index (χ0n) is 20.3. The molecule has 1 amide bonds. The number of sulfonamides is 1. The van der Waals surface area contributed by atoms with Gasteiger partial charge in [-0.05, 0) is 71.8 Å². The van der Waals surface area contributed by atoms with Gasteiger partial charge in [-0.15, -0.1) is 0 Å². The van der Waals surface area contributed by atoms with E-state index < -0.39 is 22.5 Å². The van der Waals surface area contributed by atoms with Crippen molar-refractivity contribution in [2.24, 2.45) is 5.10 Å². The quantitative estimate of drug-likeness (QED) is 0.164. The number of hydrogen-bond acceptors (Lipinski definition) is 5. The van der Waals surface area contributed by atoms with E-state index in [4.69, 9.17) is 39.5 Å². The van der Waals surface area contributed by atoms with Crippen LogP contribution >= 0.6 is 34.8 Å². The summed E-state index contributed by atoms with van der Waals surface area (Å²) in [7, 11) is -4.14. The summed E-state index contributed by atoms with van der Waals surface area (Å²) in [5.74, 6) is -0.0282. The molecule has 0 aliphatic rings. The average Bonchev–Trinajstić information content (AvgIpc) is 2.93. The zero-order valence-corrected chi connectivity index (χ0v) is 23.4. The van der Waals surface area contributed by atoms with Crippen LogP contribution in [0.25, 0.3) is 0 Å². The first kappa shape index (κ1) is 28.4. The zero-order chi connectivity index (χ0) is 27.8. The SMILES string of the molecule is O=C(CN(c1cccc(Cl)c1Cl)S(=O)(=O)c1ccccc1)N/N=C\c1ccc(OCc2cccc(Cl)c2)cc1. The van der Waals surface area contributed by atoms with Crippen molar-refractivity contribution in [2.45, 2.75) is 11.5 Å². The van der Waals surface area contributed by atoms with Crippen LogP contribution in [0.4, 0.5) is 5.69 Å². The molecule has 0 fully saturated rings. The maximum Gasteiger partial charge on any atom is 0.264 e. The molecule has 4 rings (SSSR count). The van der Waals surface area contributed by atoms with Crippen molar-refractivity contribution in [3.8, 4) is 5.75 Å². The summed E-state index contributed by atoms with van der Waals surface area (Å²) in [4.78, 5) is 12.7. The first-order valence-electron chi connectivity index (χ1n) is 11.5. The number of anilines is 1. The molecule has 7 nitrogen and oxygen atoms in total. The smallest absolute Gasteiger partial charge is 0.264 e. The Bertz CT molecular complexity index is 1580. The number of nitrogens with one attached hydrogen (secondary N) is 1. The summed E-state index contributed by atoms with van der Waals surface area (Å²) in [6.07, 6.45) is 1.43. The molecule has 4 aromatic carbocycles. The van der Waals surface area contributed by atoms with Crippen LogP contribution in [0.15, 0.2) is 107 Å². The third-order valence-corrected chi connectivity index (χ3v) is 8.21. The molecule has 0 aromatic heterocycles. The molecule has 39 heavy (non-hydrogen) atoms. The number of benzene rings is 4. The number of halogens is 3. The second kappa shape index (κ2) is 13.0. The molecule has 0 spiro atoms. The Kier molecular flexibility index (Phi) is 9.48. The van der Waals surface area contributed by atoms with Crippen molar-refractivity contribution < 1.29 is 17.9 Å². The third kappa shape index (κ3) is 7.52. The van der Waals surface area contributed by atoms with Gasteiger partial charge < -0.3 is 4.74 Å². The van der Waals surface area contributed by atoms with Crippen molar-refractivity contribution >= 4 is 62.6 Å². The number of rotatable bonds is 10. The summed E-state index contributed by atoms with van der Waals surface area (Å²) in [6, 6.07) is 26.7. The van der Waals surface area contributed by atoms with Crippen LogP contribution in [0.1, 0.15) is 11.1 Å². The summed E-state index contributed by atoms with van der Waals surface area (Å²) in [6.45, 7) is -0.214. The van der Waals surface area contributed by atoms with Gasteiger partial charge in [0.25, 0.3) is 15.9 Å². The molecule has 0 saturated carbocycles. The maximum atomic E-state index is 13.4. The highest BCUT2D eigenvalue weighted by Gasteiger charge is 2.29. The van der Waals surface area contributed by atoms with Gasteiger partial charge in [-0.2, -0.15) is 5.10 Å². The van der Waals surface area contributed by atoms with E-state index in [1.54, 1.807) is 54.6 Å². The standard InChI is InChI=1S/C28H22Cl3N3O4S/c29-22-7-4-6-21(16-22)19-38-23-14-12-20(13-15-23)17-32-33-27(35)18-34(26-11-5-10-25(30)28(26)31)39(36,37)24-8-2-1-3-9-24/h1-17H,18-19H2,(H,33,35)/b32-17-. The number of nitrogens with zero attached hydrogens (tertiary/aromatic N) is 2. The Hall–Kier alpha value is -3.56. The minimum Gasteiger partial charge on any atom is -0.489 e. The van der Waals surface area contributed by atoms with E-state index in [-0.39, 0.29) is 20.6 Å². The normalized spacial score (nSPS) is 11.4. The molecule has 0 heterocycles. The van der Waals surface area contributed by atoms with Gasteiger partial charge in [0, 0.05) is 5.02 Å². The molecule has 11 heteroatoms. The van der Waals surface area contributed by atoms with Crippen LogP contribution in [0.3, 0.4) is 0 Å². The summed E-state index contributed by atoms with van der Waals surface area (Å²) >= 11 is 18.4. The van der Waals surface area contributed by atoms with Gasteiger partial charge in [0.05, 0.1) is 26.8 Å². The van der Waals surface area contributed by atoms with Gasteiger partial charge in [0.2, 0.25) is 0 Å². The molecule has 4 aromatic rings. The monoisotopic (exact) mass is 601 g/mol. The number of hydrogen-bond donors (Lipinski definition) is 1. The molecule has 0 unspecified atom stereocenters. The second-order valence-electron chi connectivity index (χ2n) is 8.18. The number of carbonyl (C=O) groups excluding carboxylic acids is 1. The highest BCUT2D eigenvalue weighted by atomic mass is 35.5. The van der Waals surface area contributed by atoms with E-state index in [9.17, 15) is 13.2 Å². The minimum atomic E-state index is -4.14. The Balaban J connectivity index is 1.42. The fourth-order valence-electron chi connectivity index (χ4n) is 3.49. The first-order chi connectivity index (χ1) is 18.7. The van der Waals surface area contributed by atoms with Gasteiger partial charge in [-0.25, -0.2) is 13.8 Å². The predicted molar refractivity (Wildman–Crippen MR) is 155 cm³/mol. The molecule has 0 radical (unpaired) electrons. The van der Waals surface area contributed by atoms with Gasteiger partial charge in [0.1, 0.15) is 18.9 Å². The molecular formula is C28H22Cl3N3O4S. The Labute approximate surface area is 241 Å². The van der Waals surface area contributed by atoms with Crippen molar-refractivity contribution in [1.82, 2.24) is 5.43 Å². The van der Waals surface area contributed by atoms with Gasteiger partial charge in [0.15, 0.2) is 0 Å². The van der Waals surface area contributed by atoms with Crippen LogP contribution in [0.2, 0.25) is 15.1 Å². The van der Waals surface area contributed by atoms with E-state index in [0.717, 1.165) is 9.87 Å². The molecule has 0 bridgehead atoms. The van der Waals surface area contributed by atoms with Gasteiger partial charge in [-0.1, -0.05) is 71.2 Å². The fraction of sp³-hybridized carbons (Fsp3) is 0.0714. The van der Waals surface area contributed by atoms with E-state index in [0.29, 0.717) is 22.9 Å². The van der Waals surface area contributed by atoms with E-state index in [1.807, 2.05) is 18.2 Å². The van der Waals surface area contributed by atoms with Crippen LogP contribution in [0.5, 0.6) is 5.75 Å². The summed E-state index contributed by atoms with van der Waals surface area (Å²) < 4.78 is 33.5. The second-order valence-corrected chi connectivity index (χ2v) is 11.3. The number of hydrazone groups is 1. The van der Waals surface area contributed by atoms with E-state index in [2.05, 4.69) is 10.5 Å². The number of amides is 1. The lowest BCUT2D eigenvalue weighted by Crippen LogP contribution is -2.39. The Morgan fingerprint density at radius 1 is 0.897 bits per heavy atom. The highest BCUT2D eigenvalue weighted by Crippen LogP contribution is 2.35. The summed E-state index contributed by atoms with van der Waals surface area (Å²) in [5, 5.41) is 4.76. The molecule has 1 N–H and O–H groups in total. The molecule has 200 valence electrons. The highest BCUT2D eigenvalue weighted by molar-refractivity contribution is 7.92. The summed E-state index contributed by atoms with van der Waals surface area (Å²) in [5.41, 5.74) is 4.06. The fourth-order valence-corrected chi connectivity index (χ4v) is 5.61. The minimum absolute atomic E-state index is 0.00462. The third-order valence-electron chi connectivity index (χ3n) is 5.40. The van der Waals surface area contributed by atoms with Crippen LogP contribution in [0, 0.1) is 0 Å². The van der Waals surface area contributed by atoms with Crippen LogP contribution < -0.4 is 14.5 Å². The van der Waals surface area contributed by atoms with Crippen LogP contribution in [-0.2, 0) is 21.4 Å². The molecule has 0 aliphatic heterocycles. The first-order valence-corrected chi connectivity index (χ1v) is 14.1. The average molecular weight is 603 g/mol. The lowest BCUT2D eigenvalue weighted by Gasteiger charge is -2.24. The molecule has 0 saturated heterocycles. The van der Waals surface area contributed by atoms with Crippen molar-refractivity contribution in [3.63, 3.8) is 0 Å². The van der Waals surface area contributed by atoms with Gasteiger partial charge >= 0.3 is 0 Å². The number of carbonyl (C=O) groups is 1. The number of ether oxygens (including phenoxy) is 1.